The van der Waals surface area contributed by atoms with Crippen LogP contribution < -0.4 is 4.74 Å². The lowest BCUT2D eigenvalue weighted by atomic mass is 10.3. The van der Waals surface area contributed by atoms with Crippen molar-refractivity contribution in [2.75, 3.05) is 0 Å². The minimum atomic E-state index is 0.398. The molecular weight excluding hydrogens is 232 g/mol. The van der Waals surface area contributed by atoms with Gasteiger partial charge in [-0.3, -0.25) is 0 Å². The topological polar surface area (TPSA) is 37.9 Å². The van der Waals surface area contributed by atoms with Crippen molar-refractivity contribution in [3.8, 4) is 5.75 Å². The molecule has 0 amide bonds. The van der Waals surface area contributed by atoms with E-state index in [0.717, 1.165) is 22.8 Å². The van der Waals surface area contributed by atoms with E-state index in [4.69, 9.17) is 17.0 Å². The Balaban J connectivity index is 2.13. The van der Waals surface area contributed by atoms with Crippen LogP contribution in [-0.2, 0) is 6.61 Å². The summed E-state index contributed by atoms with van der Waals surface area (Å²) < 4.78 is 6.23. The summed E-state index contributed by atoms with van der Waals surface area (Å²) in [5, 5.41) is 0. The van der Waals surface area contributed by atoms with Crippen molar-refractivity contribution in [2.24, 2.45) is 0 Å². The first kappa shape index (κ1) is 11.8. The fourth-order valence-corrected chi connectivity index (χ4v) is 1.71. The normalized spacial score (nSPS) is 10.2. The zero-order chi connectivity index (χ0) is 12.3. The summed E-state index contributed by atoms with van der Waals surface area (Å²) >= 11 is 5.17. The molecule has 0 aliphatic rings. The smallest absolute Gasteiger partial charge is 0.146 e. The first-order valence-electron chi connectivity index (χ1n) is 5.41. The van der Waals surface area contributed by atoms with E-state index in [2.05, 4.69) is 9.97 Å². The fraction of sp³-hybridized carbons (Fsp3) is 0.231. The lowest BCUT2D eigenvalue weighted by Crippen LogP contribution is -2.04. The van der Waals surface area contributed by atoms with Gasteiger partial charge in [0, 0.05) is 11.3 Å². The van der Waals surface area contributed by atoms with Crippen LogP contribution in [0.4, 0.5) is 0 Å². The molecular formula is C13H14N2OS. The summed E-state index contributed by atoms with van der Waals surface area (Å²) in [5.41, 5.74) is 2.06. The van der Waals surface area contributed by atoms with Gasteiger partial charge in [-0.15, -0.1) is 0 Å². The van der Waals surface area contributed by atoms with E-state index in [1.165, 1.54) is 0 Å². The molecule has 0 aliphatic heterocycles. The summed E-state index contributed by atoms with van der Waals surface area (Å²) in [5.74, 6) is 1.58. The van der Waals surface area contributed by atoms with Crippen molar-refractivity contribution >= 4 is 12.2 Å². The predicted octanol–water partition coefficient (Wildman–Crippen LogP) is 3.34. The van der Waals surface area contributed by atoms with Crippen molar-refractivity contribution in [2.45, 2.75) is 20.5 Å². The van der Waals surface area contributed by atoms with Gasteiger partial charge in [-0.2, -0.15) is 0 Å². The number of hydrogen-bond donors (Lipinski definition) is 1. The minimum Gasteiger partial charge on any atom is -0.486 e. The van der Waals surface area contributed by atoms with E-state index >= 15 is 0 Å². The number of aryl methyl sites for hydroxylation is 1. The quantitative estimate of drug-likeness (QED) is 0.844. The summed E-state index contributed by atoms with van der Waals surface area (Å²) in [6, 6.07) is 9.65. The van der Waals surface area contributed by atoms with Gasteiger partial charge in [0.2, 0.25) is 0 Å². The van der Waals surface area contributed by atoms with Gasteiger partial charge in [0.25, 0.3) is 0 Å². The molecule has 0 bridgehead atoms. The van der Waals surface area contributed by atoms with Crippen LogP contribution >= 0.6 is 12.2 Å². The zero-order valence-corrected chi connectivity index (χ0v) is 10.7. The van der Waals surface area contributed by atoms with E-state index in [-0.39, 0.29) is 0 Å². The third-order valence-corrected chi connectivity index (χ3v) is 2.97. The van der Waals surface area contributed by atoms with E-state index in [0.29, 0.717) is 11.2 Å². The highest BCUT2D eigenvalue weighted by Crippen LogP contribution is 2.11. The van der Waals surface area contributed by atoms with Crippen LogP contribution in [0.15, 0.2) is 30.3 Å². The maximum Gasteiger partial charge on any atom is 0.146 e. The highest BCUT2D eigenvalue weighted by atomic mass is 32.1. The van der Waals surface area contributed by atoms with Crippen LogP contribution in [0.1, 0.15) is 17.1 Å². The number of para-hydroxylation sites is 1. The Morgan fingerprint density at radius 1 is 1.24 bits per heavy atom. The number of rotatable bonds is 3. The van der Waals surface area contributed by atoms with Crippen LogP contribution in [0, 0.1) is 18.5 Å². The molecule has 2 aromatic rings. The number of hydrogen-bond acceptors (Lipinski definition) is 3. The van der Waals surface area contributed by atoms with Crippen molar-refractivity contribution in [3.05, 3.63) is 52.1 Å². The Labute approximate surface area is 105 Å². The molecule has 0 atom stereocenters. The maximum atomic E-state index is 5.60. The van der Waals surface area contributed by atoms with Crippen LogP contribution in [0.2, 0.25) is 0 Å². The van der Waals surface area contributed by atoms with Crippen LogP contribution in [0.5, 0.6) is 5.75 Å². The molecule has 17 heavy (non-hydrogen) atoms. The minimum absolute atomic E-state index is 0.398. The molecule has 0 saturated heterocycles. The average molecular weight is 246 g/mol. The van der Waals surface area contributed by atoms with E-state index in [1.807, 2.05) is 44.2 Å². The highest BCUT2D eigenvalue weighted by molar-refractivity contribution is 7.71. The number of ether oxygens (including phenoxy) is 1. The number of benzene rings is 1. The average Bonchev–Trinajstić information content (AvgIpc) is 2.34. The fourth-order valence-electron chi connectivity index (χ4n) is 1.44. The van der Waals surface area contributed by atoms with Gasteiger partial charge in [0.1, 0.15) is 22.8 Å². The predicted molar refractivity (Wildman–Crippen MR) is 69.7 cm³/mol. The molecule has 0 fully saturated rings. The number of aromatic nitrogens is 2. The van der Waals surface area contributed by atoms with Crippen molar-refractivity contribution < 1.29 is 4.74 Å². The monoisotopic (exact) mass is 246 g/mol. The molecule has 0 radical (unpaired) electrons. The van der Waals surface area contributed by atoms with Gasteiger partial charge in [0.05, 0.1) is 0 Å². The Kier molecular flexibility index (Phi) is 3.54. The third kappa shape index (κ3) is 2.91. The van der Waals surface area contributed by atoms with Gasteiger partial charge < -0.3 is 9.72 Å². The van der Waals surface area contributed by atoms with Gasteiger partial charge in [-0.25, -0.2) is 4.98 Å². The molecule has 1 heterocycles. The molecule has 1 N–H and O–H groups in total. The summed E-state index contributed by atoms with van der Waals surface area (Å²) in [7, 11) is 0. The van der Waals surface area contributed by atoms with E-state index in [1.54, 1.807) is 0 Å². The second kappa shape index (κ2) is 5.10. The van der Waals surface area contributed by atoms with Gasteiger partial charge in [-0.1, -0.05) is 30.4 Å². The molecule has 2 rings (SSSR count). The first-order valence-corrected chi connectivity index (χ1v) is 5.82. The SMILES string of the molecule is Cc1[nH]c(COc2ccccc2)nc(=S)c1C. The van der Waals surface area contributed by atoms with Crippen LogP contribution in [0.25, 0.3) is 0 Å². The van der Waals surface area contributed by atoms with Crippen molar-refractivity contribution in [1.82, 2.24) is 9.97 Å². The van der Waals surface area contributed by atoms with Crippen molar-refractivity contribution in [1.29, 1.82) is 0 Å². The molecule has 1 aromatic carbocycles. The zero-order valence-electron chi connectivity index (χ0n) is 9.86. The second-order valence-electron chi connectivity index (χ2n) is 3.84. The Morgan fingerprint density at radius 2 is 1.94 bits per heavy atom. The Hall–Kier alpha value is -1.68. The molecule has 0 spiro atoms. The molecule has 0 aliphatic carbocycles. The lowest BCUT2D eigenvalue weighted by Gasteiger charge is -2.07. The molecule has 0 unspecified atom stereocenters. The first-order chi connectivity index (χ1) is 8.16. The molecule has 4 heteroatoms. The van der Waals surface area contributed by atoms with Crippen molar-refractivity contribution in [3.63, 3.8) is 0 Å². The standard InChI is InChI=1S/C13H14N2OS/c1-9-10(2)14-12(15-13(9)17)8-16-11-6-4-3-5-7-11/h3-7H,8H2,1-2H3,(H,14,15,17). The lowest BCUT2D eigenvalue weighted by molar-refractivity contribution is 0.295. The van der Waals surface area contributed by atoms with Gasteiger partial charge in [-0.05, 0) is 26.0 Å². The van der Waals surface area contributed by atoms with Crippen LogP contribution in [-0.4, -0.2) is 9.97 Å². The summed E-state index contributed by atoms with van der Waals surface area (Å²) in [6.07, 6.45) is 0. The largest absolute Gasteiger partial charge is 0.486 e. The number of H-pyrrole nitrogens is 1. The Bertz CT molecular complexity index is 563. The molecule has 0 saturated carbocycles. The molecule has 88 valence electrons. The van der Waals surface area contributed by atoms with Gasteiger partial charge >= 0.3 is 0 Å². The van der Waals surface area contributed by atoms with E-state index < -0.39 is 0 Å². The number of nitrogens with one attached hydrogen (secondary N) is 1. The van der Waals surface area contributed by atoms with E-state index in [9.17, 15) is 0 Å². The third-order valence-electron chi connectivity index (χ3n) is 2.57. The molecule has 3 nitrogen and oxygen atoms in total. The maximum absolute atomic E-state index is 5.60. The Morgan fingerprint density at radius 3 is 2.59 bits per heavy atom. The second-order valence-corrected chi connectivity index (χ2v) is 4.23. The highest BCUT2D eigenvalue weighted by Gasteiger charge is 2.02. The molecule has 1 aromatic heterocycles. The van der Waals surface area contributed by atoms with Crippen LogP contribution in [0.3, 0.4) is 0 Å². The number of aromatic amines is 1. The number of nitrogens with zero attached hydrogens (tertiary/aromatic N) is 1. The summed E-state index contributed by atoms with van der Waals surface area (Å²) in [6.45, 7) is 4.34. The van der Waals surface area contributed by atoms with Gasteiger partial charge in [0.15, 0.2) is 0 Å². The summed E-state index contributed by atoms with van der Waals surface area (Å²) in [4.78, 5) is 7.47.